The van der Waals surface area contributed by atoms with Crippen LogP contribution in [0.3, 0.4) is 0 Å². The van der Waals surface area contributed by atoms with E-state index in [-0.39, 0.29) is 18.8 Å². The summed E-state index contributed by atoms with van der Waals surface area (Å²) in [6.07, 6.45) is -4.36. The number of nitro groups is 1. The van der Waals surface area contributed by atoms with Crippen molar-refractivity contribution >= 4 is 17.4 Å². The molecule has 2 N–H and O–H groups in total. The average molecular weight is 383 g/mol. The average Bonchev–Trinajstić information content (AvgIpc) is 2.60. The lowest BCUT2D eigenvalue weighted by Crippen LogP contribution is -2.28. The largest absolute Gasteiger partial charge is 0.411 e. The van der Waals surface area contributed by atoms with Crippen LogP contribution in [0.1, 0.15) is 11.1 Å². The van der Waals surface area contributed by atoms with Gasteiger partial charge in [0.15, 0.2) is 0 Å². The molecule has 0 heterocycles. The maximum Gasteiger partial charge on any atom is 0.411 e. The van der Waals surface area contributed by atoms with Gasteiger partial charge in [-0.2, -0.15) is 13.2 Å². The highest BCUT2D eigenvalue weighted by Gasteiger charge is 2.27. The van der Waals surface area contributed by atoms with Gasteiger partial charge < -0.3 is 15.4 Å². The van der Waals surface area contributed by atoms with E-state index < -0.39 is 23.7 Å². The smallest absolute Gasteiger partial charge is 0.367 e. The maximum atomic E-state index is 12.0. The van der Waals surface area contributed by atoms with Gasteiger partial charge in [-0.25, -0.2) is 4.79 Å². The molecular formula is C17H16F3N3O4. The lowest BCUT2D eigenvalue weighted by atomic mass is 10.1. The topological polar surface area (TPSA) is 93.5 Å². The van der Waals surface area contributed by atoms with Crippen LogP contribution in [0.4, 0.5) is 29.3 Å². The number of ether oxygens (including phenoxy) is 1. The van der Waals surface area contributed by atoms with E-state index in [0.717, 1.165) is 5.56 Å². The third kappa shape index (κ3) is 7.32. The molecule has 0 aliphatic rings. The second kappa shape index (κ2) is 8.99. The van der Waals surface area contributed by atoms with Crippen molar-refractivity contribution in [3.8, 4) is 0 Å². The Bertz CT molecular complexity index is 778. The van der Waals surface area contributed by atoms with E-state index in [9.17, 15) is 28.1 Å². The van der Waals surface area contributed by atoms with Crippen LogP contribution in [-0.2, 0) is 17.9 Å². The van der Waals surface area contributed by atoms with Gasteiger partial charge in [0, 0.05) is 24.4 Å². The number of rotatable bonds is 7. The Hall–Kier alpha value is -3.14. The van der Waals surface area contributed by atoms with Gasteiger partial charge in [-0.3, -0.25) is 10.1 Å². The van der Waals surface area contributed by atoms with Crippen molar-refractivity contribution < 1.29 is 27.6 Å². The molecule has 2 rings (SSSR count). The zero-order valence-electron chi connectivity index (χ0n) is 14.0. The third-order valence-corrected chi connectivity index (χ3v) is 3.35. The quantitative estimate of drug-likeness (QED) is 0.558. The van der Waals surface area contributed by atoms with Crippen molar-refractivity contribution in [2.75, 3.05) is 11.9 Å². The van der Waals surface area contributed by atoms with Gasteiger partial charge in [0.25, 0.3) is 5.69 Å². The van der Waals surface area contributed by atoms with Gasteiger partial charge in [0.2, 0.25) is 0 Å². The molecule has 0 bridgehead atoms. The summed E-state index contributed by atoms with van der Waals surface area (Å²) in [4.78, 5) is 21.9. The Morgan fingerprint density at radius 3 is 2.19 bits per heavy atom. The van der Waals surface area contributed by atoms with Gasteiger partial charge in [0.05, 0.1) is 11.5 Å². The number of nitro benzene ring substituents is 1. The number of non-ortho nitro benzene ring substituents is 1. The Morgan fingerprint density at radius 1 is 1.04 bits per heavy atom. The van der Waals surface area contributed by atoms with Crippen LogP contribution < -0.4 is 10.6 Å². The first-order valence-electron chi connectivity index (χ1n) is 7.74. The molecule has 0 aromatic heterocycles. The maximum absolute atomic E-state index is 12.0. The summed E-state index contributed by atoms with van der Waals surface area (Å²) in [6.45, 7) is -1.27. The molecule has 0 atom stereocenters. The molecule has 0 radical (unpaired) electrons. The van der Waals surface area contributed by atoms with E-state index in [1.807, 2.05) is 0 Å². The van der Waals surface area contributed by atoms with E-state index in [4.69, 9.17) is 0 Å². The van der Waals surface area contributed by atoms with Crippen molar-refractivity contribution in [2.45, 2.75) is 19.3 Å². The number of carbonyl (C=O) groups is 1. The monoisotopic (exact) mass is 383 g/mol. The summed E-state index contributed by atoms with van der Waals surface area (Å²) in [5.41, 5.74) is 1.64. The van der Waals surface area contributed by atoms with Gasteiger partial charge in [-0.1, -0.05) is 24.3 Å². The van der Waals surface area contributed by atoms with Gasteiger partial charge in [-0.15, -0.1) is 0 Å². The first-order valence-corrected chi connectivity index (χ1v) is 7.74. The molecule has 2 aromatic rings. The number of amides is 2. The first-order chi connectivity index (χ1) is 12.7. The normalized spacial score (nSPS) is 11.1. The van der Waals surface area contributed by atoms with Crippen LogP contribution in [-0.4, -0.2) is 23.7 Å². The zero-order chi connectivity index (χ0) is 19.9. The van der Waals surface area contributed by atoms with Crippen LogP contribution in [0, 0.1) is 10.1 Å². The van der Waals surface area contributed by atoms with Crippen molar-refractivity contribution in [1.82, 2.24) is 5.32 Å². The number of carbonyl (C=O) groups excluding carboxylic acids is 1. The van der Waals surface area contributed by atoms with E-state index >= 15 is 0 Å². The summed E-state index contributed by atoms with van der Waals surface area (Å²) < 4.78 is 40.6. The minimum atomic E-state index is -4.36. The van der Waals surface area contributed by atoms with Crippen molar-refractivity contribution in [3.05, 3.63) is 69.8 Å². The molecule has 2 aromatic carbocycles. The summed E-state index contributed by atoms with van der Waals surface area (Å²) >= 11 is 0. The molecule has 0 aliphatic carbocycles. The van der Waals surface area contributed by atoms with Crippen molar-refractivity contribution in [1.29, 1.82) is 0 Å². The van der Waals surface area contributed by atoms with Crippen molar-refractivity contribution in [3.63, 3.8) is 0 Å². The number of urea groups is 1. The molecule has 0 fully saturated rings. The molecule has 0 saturated heterocycles. The summed E-state index contributed by atoms with van der Waals surface area (Å²) in [5, 5.41) is 15.7. The predicted molar refractivity (Wildman–Crippen MR) is 91.1 cm³/mol. The first kappa shape index (κ1) is 20.2. The zero-order valence-corrected chi connectivity index (χ0v) is 14.0. The third-order valence-electron chi connectivity index (χ3n) is 3.35. The molecule has 2 amide bonds. The fourth-order valence-electron chi connectivity index (χ4n) is 2.06. The van der Waals surface area contributed by atoms with Crippen LogP contribution in [0.2, 0.25) is 0 Å². The lowest BCUT2D eigenvalue weighted by Gasteiger charge is -2.09. The van der Waals surface area contributed by atoms with Crippen LogP contribution in [0.15, 0.2) is 48.5 Å². The SMILES string of the molecule is O=C(NCc1ccc(COCC(F)(F)F)cc1)Nc1ccc([N+](=O)[O-])cc1. The van der Waals surface area contributed by atoms with Gasteiger partial charge >= 0.3 is 12.2 Å². The number of benzene rings is 2. The predicted octanol–water partition coefficient (Wildman–Crippen LogP) is 4.00. The molecule has 27 heavy (non-hydrogen) atoms. The minimum Gasteiger partial charge on any atom is -0.367 e. The molecular weight excluding hydrogens is 367 g/mol. The number of alkyl halides is 3. The van der Waals surface area contributed by atoms with Gasteiger partial charge in [0.1, 0.15) is 6.61 Å². The molecule has 0 saturated carbocycles. The fraction of sp³-hybridized carbons (Fsp3) is 0.235. The molecule has 0 spiro atoms. The Kier molecular flexibility index (Phi) is 6.72. The van der Waals surface area contributed by atoms with E-state index in [2.05, 4.69) is 15.4 Å². The van der Waals surface area contributed by atoms with Crippen LogP contribution in [0.25, 0.3) is 0 Å². The molecule has 7 nitrogen and oxygen atoms in total. The summed E-state index contributed by atoms with van der Waals surface area (Å²) in [6, 6.07) is 11.4. The lowest BCUT2D eigenvalue weighted by molar-refractivity contribution is -0.384. The second-order valence-electron chi connectivity index (χ2n) is 5.54. The Morgan fingerprint density at radius 2 is 1.63 bits per heavy atom. The number of hydrogen-bond acceptors (Lipinski definition) is 4. The molecule has 0 aliphatic heterocycles. The number of anilines is 1. The number of halogens is 3. The summed E-state index contributed by atoms with van der Waals surface area (Å²) in [5.74, 6) is 0. The standard InChI is InChI=1S/C17H16F3N3O4/c18-17(19,20)11-27-10-13-3-1-12(2-4-13)9-21-16(24)22-14-5-7-15(8-6-14)23(25)26/h1-8H,9-11H2,(H2,21,22,24). The minimum absolute atomic E-state index is 0.0831. The highest BCUT2D eigenvalue weighted by Crippen LogP contribution is 2.16. The van der Waals surface area contributed by atoms with Crippen LogP contribution >= 0.6 is 0 Å². The van der Waals surface area contributed by atoms with E-state index in [1.165, 1.54) is 24.3 Å². The number of nitrogens with zero attached hydrogens (tertiary/aromatic N) is 1. The Balaban J connectivity index is 1.77. The van der Waals surface area contributed by atoms with E-state index in [0.29, 0.717) is 11.3 Å². The molecule has 144 valence electrons. The number of hydrogen-bond donors (Lipinski definition) is 2. The Labute approximate surface area is 152 Å². The van der Waals surface area contributed by atoms with Crippen molar-refractivity contribution in [2.24, 2.45) is 0 Å². The summed E-state index contributed by atoms with van der Waals surface area (Å²) in [7, 11) is 0. The highest BCUT2D eigenvalue weighted by atomic mass is 19.4. The second-order valence-corrected chi connectivity index (χ2v) is 5.54. The fourth-order valence-corrected chi connectivity index (χ4v) is 2.06. The molecule has 0 unspecified atom stereocenters. The van der Waals surface area contributed by atoms with Crippen LogP contribution in [0.5, 0.6) is 0 Å². The number of nitrogens with one attached hydrogen (secondary N) is 2. The van der Waals surface area contributed by atoms with E-state index in [1.54, 1.807) is 24.3 Å². The van der Waals surface area contributed by atoms with Gasteiger partial charge in [-0.05, 0) is 23.3 Å². The highest BCUT2D eigenvalue weighted by molar-refractivity contribution is 5.89. The molecule has 10 heteroatoms.